The largest absolute Gasteiger partial charge is 0.477 e. The van der Waals surface area contributed by atoms with E-state index in [1.165, 1.54) is 11.3 Å². The van der Waals surface area contributed by atoms with Crippen LogP contribution in [0, 0.1) is 17.3 Å². The SMILES string of the molecule is CNC[C@H](O)[C@@H](O)[C@H](O)[C@H](O)CO.COC1CCC(N(C(=O)C2CCC(C)CC2)c2cc(C3CCC(C)(C)CC3)sc2C(=O)O)CC1. The molecule has 4 atom stereocenters. The fourth-order valence-corrected chi connectivity index (χ4v) is 8.41. The molecule has 47 heavy (non-hydrogen) atoms. The third-order valence-electron chi connectivity index (χ3n) is 10.6. The Hall–Kier alpha value is -1.64. The Kier molecular flexibility index (Phi) is 15.6. The lowest BCUT2D eigenvalue weighted by Crippen LogP contribution is -2.48. The quantitative estimate of drug-likeness (QED) is 0.171. The molecule has 4 rings (SSSR count). The molecule has 1 heterocycles. The van der Waals surface area contributed by atoms with Crippen molar-refractivity contribution in [3.05, 3.63) is 15.8 Å². The lowest BCUT2D eigenvalue weighted by molar-refractivity contribution is -0.124. The van der Waals surface area contributed by atoms with E-state index in [2.05, 4.69) is 32.2 Å². The standard InChI is InChI=1S/C28H43NO4S.C7H17NO5/c1-18-5-7-20(8-6-18)26(30)29(21-9-11-22(33-4)12-10-21)23-17-24(34-25(23)27(31)32)19-13-15-28(2,3)16-14-19;1-8-2-4(10)6(12)7(13)5(11)3-9/h17-22H,5-16H2,1-4H3,(H,31,32);4-13H,2-3H2,1H3/t;4-,5+,6+,7+/m.0/s1. The second-order valence-electron chi connectivity index (χ2n) is 14.8. The van der Waals surface area contributed by atoms with Crippen molar-refractivity contribution in [3.63, 3.8) is 0 Å². The molecule has 0 aromatic carbocycles. The summed E-state index contributed by atoms with van der Waals surface area (Å²) in [7, 11) is 3.33. The molecule has 3 fully saturated rings. The molecule has 1 aromatic heterocycles. The fraction of sp³-hybridized carbons (Fsp3) is 0.829. The van der Waals surface area contributed by atoms with Gasteiger partial charge in [-0.25, -0.2) is 4.79 Å². The molecule has 3 saturated carbocycles. The van der Waals surface area contributed by atoms with Gasteiger partial charge in [-0.15, -0.1) is 11.3 Å². The number of aromatic carboxylic acids is 1. The number of amides is 1. The monoisotopic (exact) mass is 684 g/mol. The Bertz CT molecular complexity index is 1100. The van der Waals surface area contributed by atoms with Gasteiger partial charge in [-0.2, -0.15) is 0 Å². The van der Waals surface area contributed by atoms with Crippen LogP contribution in [0.5, 0.6) is 0 Å². The Labute approximate surface area is 284 Å². The molecular formula is C35H60N2O9S. The van der Waals surface area contributed by atoms with Gasteiger partial charge in [-0.05, 0) is 107 Å². The predicted molar refractivity (Wildman–Crippen MR) is 183 cm³/mol. The predicted octanol–water partition coefficient (Wildman–Crippen LogP) is 3.89. The van der Waals surface area contributed by atoms with Crippen LogP contribution in [0.2, 0.25) is 0 Å². The molecule has 0 saturated heterocycles. The van der Waals surface area contributed by atoms with Crippen molar-refractivity contribution in [2.24, 2.45) is 17.3 Å². The van der Waals surface area contributed by atoms with Gasteiger partial charge in [0, 0.05) is 30.5 Å². The van der Waals surface area contributed by atoms with Crippen LogP contribution in [-0.4, -0.2) is 106 Å². The zero-order valence-electron chi connectivity index (χ0n) is 28.9. The Morgan fingerprint density at radius 2 is 1.53 bits per heavy atom. The van der Waals surface area contributed by atoms with Crippen LogP contribution in [-0.2, 0) is 9.53 Å². The first-order valence-electron chi connectivity index (χ1n) is 17.4. The molecular weight excluding hydrogens is 624 g/mol. The van der Waals surface area contributed by atoms with Gasteiger partial charge in [-0.1, -0.05) is 20.8 Å². The number of rotatable bonds is 12. The van der Waals surface area contributed by atoms with Crippen molar-refractivity contribution >= 4 is 28.9 Å². The summed E-state index contributed by atoms with van der Waals surface area (Å²) in [4.78, 5) is 29.9. The van der Waals surface area contributed by atoms with Gasteiger partial charge in [0.15, 0.2) is 0 Å². The normalized spacial score (nSPS) is 27.5. The first kappa shape index (κ1) is 39.8. The molecule has 0 unspecified atom stereocenters. The van der Waals surface area contributed by atoms with Crippen molar-refractivity contribution in [2.75, 3.05) is 32.2 Å². The van der Waals surface area contributed by atoms with E-state index >= 15 is 0 Å². The van der Waals surface area contributed by atoms with Crippen molar-refractivity contribution < 1.29 is 45.0 Å². The van der Waals surface area contributed by atoms with E-state index in [1.54, 1.807) is 14.2 Å². The summed E-state index contributed by atoms with van der Waals surface area (Å²) < 4.78 is 5.58. The van der Waals surface area contributed by atoms with Gasteiger partial charge in [-0.3, -0.25) is 4.79 Å². The van der Waals surface area contributed by atoms with Crippen LogP contribution in [0.1, 0.15) is 118 Å². The van der Waals surface area contributed by atoms with E-state index in [9.17, 15) is 19.8 Å². The minimum absolute atomic E-state index is 0.0109. The van der Waals surface area contributed by atoms with E-state index in [-0.39, 0.29) is 30.5 Å². The number of hydrogen-bond acceptors (Lipinski definition) is 10. The molecule has 1 aromatic rings. The first-order valence-corrected chi connectivity index (χ1v) is 18.2. The molecule has 12 heteroatoms. The van der Waals surface area contributed by atoms with Gasteiger partial charge < -0.3 is 45.6 Å². The topological polar surface area (TPSA) is 180 Å². The Balaban J connectivity index is 0.000000392. The summed E-state index contributed by atoms with van der Waals surface area (Å²) in [5, 5.41) is 57.6. The highest BCUT2D eigenvalue weighted by molar-refractivity contribution is 7.14. The highest BCUT2D eigenvalue weighted by atomic mass is 32.1. The molecule has 270 valence electrons. The van der Waals surface area contributed by atoms with E-state index < -0.39 is 37.0 Å². The third kappa shape index (κ3) is 10.9. The lowest BCUT2D eigenvalue weighted by Gasteiger charge is -2.39. The molecule has 3 aliphatic carbocycles. The number of hydrogen-bond donors (Lipinski definition) is 7. The average molecular weight is 685 g/mol. The van der Waals surface area contributed by atoms with Crippen molar-refractivity contribution in [3.8, 4) is 0 Å². The molecule has 11 nitrogen and oxygen atoms in total. The maximum Gasteiger partial charge on any atom is 0.348 e. The summed E-state index contributed by atoms with van der Waals surface area (Å²) in [6, 6.07) is 2.15. The second-order valence-corrected chi connectivity index (χ2v) is 15.9. The van der Waals surface area contributed by atoms with Crippen LogP contribution in [0.4, 0.5) is 5.69 Å². The number of carbonyl (C=O) groups is 2. The van der Waals surface area contributed by atoms with Crippen molar-refractivity contribution in [2.45, 2.75) is 140 Å². The van der Waals surface area contributed by atoms with Gasteiger partial charge in [0.1, 0.15) is 23.2 Å². The number of carboxylic acids is 1. The van der Waals surface area contributed by atoms with E-state index in [4.69, 9.17) is 25.2 Å². The number of aliphatic hydroxyl groups excluding tert-OH is 5. The van der Waals surface area contributed by atoms with Gasteiger partial charge >= 0.3 is 5.97 Å². The summed E-state index contributed by atoms with van der Waals surface area (Å²) in [6.45, 7) is 6.35. The van der Waals surface area contributed by atoms with Crippen LogP contribution in [0.25, 0.3) is 0 Å². The number of carboxylic acid groups (broad SMARTS) is 1. The smallest absolute Gasteiger partial charge is 0.348 e. The number of ether oxygens (including phenoxy) is 1. The zero-order valence-corrected chi connectivity index (χ0v) is 29.8. The number of thiophene rings is 1. The van der Waals surface area contributed by atoms with E-state index in [0.29, 0.717) is 27.8 Å². The summed E-state index contributed by atoms with van der Waals surface area (Å²) in [5.74, 6) is 0.346. The molecule has 0 spiro atoms. The maximum absolute atomic E-state index is 14.0. The average Bonchev–Trinajstić information content (AvgIpc) is 3.50. The number of nitrogens with zero attached hydrogens (tertiary/aromatic N) is 1. The number of carbonyl (C=O) groups excluding carboxylic acids is 1. The van der Waals surface area contributed by atoms with E-state index in [0.717, 1.165) is 81.9 Å². The molecule has 1 amide bonds. The minimum Gasteiger partial charge on any atom is -0.477 e. The molecule has 3 aliphatic rings. The maximum atomic E-state index is 14.0. The van der Waals surface area contributed by atoms with Crippen LogP contribution < -0.4 is 10.2 Å². The number of methoxy groups -OCH3 is 1. The van der Waals surface area contributed by atoms with Gasteiger partial charge in [0.2, 0.25) is 5.91 Å². The van der Waals surface area contributed by atoms with Crippen molar-refractivity contribution in [1.82, 2.24) is 5.32 Å². The van der Waals surface area contributed by atoms with Crippen LogP contribution in [0.15, 0.2) is 6.07 Å². The fourth-order valence-electron chi connectivity index (χ4n) is 7.25. The number of aliphatic hydroxyl groups is 5. The molecule has 7 N–H and O–H groups in total. The Morgan fingerprint density at radius 1 is 0.957 bits per heavy atom. The molecule has 0 aliphatic heterocycles. The van der Waals surface area contributed by atoms with Gasteiger partial charge in [0.05, 0.1) is 24.5 Å². The molecule has 0 bridgehead atoms. The van der Waals surface area contributed by atoms with Gasteiger partial charge in [0.25, 0.3) is 0 Å². The number of anilines is 1. The molecule has 0 radical (unpaired) electrons. The van der Waals surface area contributed by atoms with Crippen molar-refractivity contribution in [1.29, 1.82) is 0 Å². The first-order chi connectivity index (χ1) is 22.2. The summed E-state index contributed by atoms with van der Waals surface area (Å²) in [5.41, 5.74) is 1.04. The van der Waals surface area contributed by atoms with E-state index in [1.807, 2.05) is 4.90 Å². The minimum atomic E-state index is -1.55. The second kappa shape index (κ2) is 18.4. The summed E-state index contributed by atoms with van der Waals surface area (Å²) >= 11 is 1.42. The Morgan fingerprint density at radius 3 is 2.04 bits per heavy atom. The lowest BCUT2D eigenvalue weighted by atomic mass is 9.73. The summed E-state index contributed by atoms with van der Waals surface area (Å²) in [6.07, 6.45) is 6.70. The number of likely N-dealkylation sites (N-methyl/N-ethyl adjacent to an activating group) is 1. The van der Waals surface area contributed by atoms with Crippen LogP contribution >= 0.6 is 11.3 Å². The number of nitrogens with one attached hydrogen (secondary N) is 1. The third-order valence-corrected chi connectivity index (χ3v) is 11.9. The van der Waals surface area contributed by atoms with Crippen LogP contribution in [0.3, 0.4) is 0 Å². The highest BCUT2D eigenvalue weighted by Crippen LogP contribution is 2.47. The zero-order chi connectivity index (χ0) is 34.9. The highest BCUT2D eigenvalue weighted by Gasteiger charge is 2.39.